The first-order chi connectivity index (χ1) is 7.38. The lowest BCUT2D eigenvalue weighted by atomic mass is 10.1. The van der Waals surface area contributed by atoms with Crippen LogP contribution in [0.5, 0.6) is 0 Å². The molecule has 8 heteroatoms. The van der Waals surface area contributed by atoms with Crippen LogP contribution in [0.3, 0.4) is 0 Å². The monoisotopic (exact) mass is 237 g/mol. The van der Waals surface area contributed by atoms with Gasteiger partial charge >= 0.3 is 6.18 Å². The molecule has 2 heterocycles. The molecule has 0 saturated heterocycles. The van der Waals surface area contributed by atoms with Crippen LogP contribution in [0.1, 0.15) is 6.42 Å². The molecule has 4 nitrogen and oxygen atoms in total. The molecule has 1 aliphatic rings. The molecule has 1 unspecified atom stereocenters. The Kier molecular flexibility index (Phi) is 2.36. The van der Waals surface area contributed by atoms with E-state index in [1.807, 2.05) is 5.32 Å². The van der Waals surface area contributed by atoms with Crippen LogP contribution in [0.15, 0.2) is 10.9 Å². The zero-order chi connectivity index (χ0) is 11.9. The van der Waals surface area contributed by atoms with Gasteiger partial charge in [0, 0.05) is 6.54 Å². The van der Waals surface area contributed by atoms with Crippen molar-refractivity contribution in [2.45, 2.75) is 25.2 Å². The number of nitrogens with zero attached hydrogens (tertiary/aromatic N) is 2. The molecule has 0 fully saturated rings. The molecule has 0 amide bonds. The molecular formula is C8H7F4N3O. The topological polar surface area (TPSA) is 46.9 Å². The molecule has 0 bridgehead atoms. The van der Waals surface area contributed by atoms with Crippen molar-refractivity contribution >= 4 is 5.95 Å². The maximum Gasteiger partial charge on any atom is 0.408 e. The quantitative estimate of drug-likeness (QED) is 0.543. The predicted molar refractivity (Wildman–Crippen MR) is 46.5 cm³/mol. The third-order valence-corrected chi connectivity index (χ3v) is 2.32. The first-order valence-corrected chi connectivity index (χ1v) is 4.48. The molecule has 0 radical (unpaired) electrons. The standard InChI is InChI=1S/C8H7F4N3O/c9-5-3-6(16)15-2-1-4(8(10,11)12)13-7(15)14-5/h3-4H,1-2H2,(H,13,14). The van der Waals surface area contributed by atoms with Crippen LogP contribution in [-0.2, 0) is 6.54 Å². The largest absolute Gasteiger partial charge is 0.408 e. The third kappa shape index (κ3) is 1.86. The summed E-state index contributed by atoms with van der Waals surface area (Å²) in [6.45, 7) is -0.126. The molecule has 16 heavy (non-hydrogen) atoms. The van der Waals surface area contributed by atoms with Gasteiger partial charge in [0.25, 0.3) is 5.56 Å². The van der Waals surface area contributed by atoms with E-state index in [-0.39, 0.29) is 18.9 Å². The van der Waals surface area contributed by atoms with E-state index in [9.17, 15) is 22.4 Å². The summed E-state index contributed by atoms with van der Waals surface area (Å²) in [5, 5.41) is 2.01. The van der Waals surface area contributed by atoms with Gasteiger partial charge in [0.15, 0.2) is 0 Å². The minimum absolute atomic E-state index is 0.126. The highest BCUT2D eigenvalue weighted by atomic mass is 19.4. The van der Waals surface area contributed by atoms with Gasteiger partial charge in [-0.15, -0.1) is 0 Å². The average Bonchev–Trinajstić information content (AvgIpc) is 2.15. The maximum atomic E-state index is 12.7. The lowest BCUT2D eigenvalue weighted by Gasteiger charge is -2.28. The van der Waals surface area contributed by atoms with Crippen molar-refractivity contribution in [3.8, 4) is 0 Å². The number of anilines is 1. The smallest absolute Gasteiger partial charge is 0.344 e. The fourth-order valence-electron chi connectivity index (χ4n) is 1.54. The fourth-order valence-corrected chi connectivity index (χ4v) is 1.54. The van der Waals surface area contributed by atoms with Crippen molar-refractivity contribution in [1.82, 2.24) is 9.55 Å². The highest BCUT2D eigenvalue weighted by Gasteiger charge is 2.41. The van der Waals surface area contributed by atoms with Gasteiger partial charge in [-0.05, 0) is 6.42 Å². The van der Waals surface area contributed by atoms with Crippen LogP contribution in [0.4, 0.5) is 23.5 Å². The number of rotatable bonds is 0. The Morgan fingerprint density at radius 3 is 2.81 bits per heavy atom. The molecular weight excluding hydrogens is 230 g/mol. The summed E-state index contributed by atoms with van der Waals surface area (Å²) in [6.07, 6.45) is -4.71. The first kappa shape index (κ1) is 10.9. The van der Waals surface area contributed by atoms with Crippen LogP contribution >= 0.6 is 0 Å². The summed E-state index contributed by atoms with van der Waals surface area (Å²) in [5.74, 6) is -1.47. The molecule has 1 aromatic rings. The normalized spacial score (nSPS) is 20.1. The Labute approximate surface area is 86.9 Å². The van der Waals surface area contributed by atoms with Crippen molar-refractivity contribution in [2.24, 2.45) is 0 Å². The van der Waals surface area contributed by atoms with Gasteiger partial charge in [-0.25, -0.2) is 0 Å². The van der Waals surface area contributed by atoms with Gasteiger partial charge < -0.3 is 5.32 Å². The molecule has 1 N–H and O–H groups in total. The number of fused-ring (bicyclic) bond motifs is 1. The number of nitrogens with one attached hydrogen (secondary N) is 1. The van der Waals surface area contributed by atoms with E-state index < -0.39 is 23.7 Å². The average molecular weight is 237 g/mol. The van der Waals surface area contributed by atoms with Crippen molar-refractivity contribution in [3.63, 3.8) is 0 Å². The second-order valence-corrected chi connectivity index (χ2v) is 3.42. The van der Waals surface area contributed by atoms with Gasteiger partial charge in [-0.1, -0.05) is 0 Å². The molecule has 1 aromatic heterocycles. The van der Waals surface area contributed by atoms with Crippen molar-refractivity contribution in [2.75, 3.05) is 5.32 Å². The van der Waals surface area contributed by atoms with Gasteiger partial charge in [0.05, 0.1) is 6.07 Å². The summed E-state index contributed by atoms with van der Waals surface area (Å²) in [7, 11) is 0. The Hall–Kier alpha value is -1.60. The number of alkyl halides is 3. The molecule has 0 aromatic carbocycles. The first-order valence-electron chi connectivity index (χ1n) is 4.48. The summed E-state index contributed by atoms with van der Waals surface area (Å²) >= 11 is 0. The van der Waals surface area contributed by atoms with E-state index in [0.29, 0.717) is 6.07 Å². The summed E-state index contributed by atoms with van der Waals surface area (Å²) in [6, 6.07) is -1.15. The predicted octanol–water partition coefficient (Wildman–Crippen LogP) is 1.13. The molecule has 1 aliphatic heterocycles. The van der Waals surface area contributed by atoms with E-state index >= 15 is 0 Å². The van der Waals surface area contributed by atoms with Gasteiger partial charge in [-0.3, -0.25) is 9.36 Å². The molecule has 2 rings (SSSR count). The van der Waals surface area contributed by atoms with Crippen LogP contribution in [-0.4, -0.2) is 21.8 Å². The molecule has 88 valence electrons. The number of hydrogen-bond donors (Lipinski definition) is 1. The third-order valence-electron chi connectivity index (χ3n) is 2.32. The summed E-state index contributed by atoms with van der Waals surface area (Å²) < 4.78 is 50.8. The number of aromatic nitrogens is 2. The fraction of sp³-hybridized carbons (Fsp3) is 0.500. The lowest BCUT2D eigenvalue weighted by Crippen LogP contribution is -2.44. The minimum atomic E-state index is -4.44. The summed E-state index contributed by atoms with van der Waals surface area (Å²) in [4.78, 5) is 14.4. The Morgan fingerprint density at radius 1 is 1.50 bits per heavy atom. The highest BCUT2D eigenvalue weighted by Crippen LogP contribution is 2.28. The van der Waals surface area contributed by atoms with E-state index in [4.69, 9.17) is 0 Å². The Morgan fingerprint density at radius 2 is 2.19 bits per heavy atom. The molecule has 0 aliphatic carbocycles. The van der Waals surface area contributed by atoms with E-state index in [1.165, 1.54) is 0 Å². The molecule has 0 spiro atoms. The SMILES string of the molecule is O=c1cc(F)nc2n1CCC(C(F)(F)F)N2. The van der Waals surface area contributed by atoms with E-state index in [1.54, 1.807) is 0 Å². The van der Waals surface area contributed by atoms with E-state index in [0.717, 1.165) is 4.57 Å². The van der Waals surface area contributed by atoms with Crippen LogP contribution in [0.2, 0.25) is 0 Å². The number of halogens is 4. The minimum Gasteiger partial charge on any atom is -0.344 e. The lowest BCUT2D eigenvalue weighted by molar-refractivity contribution is -0.145. The van der Waals surface area contributed by atoms with E-state index in [2.05, 4.69) is 4.98 Å². The van der Waals surface area contributed by atoms with Gasteiger partial charge in [0.1, 0.15) is 6.04 Å². The molecule has 1 atom stereocenters. The van der Waals surface area contributed by atoms with Crippen molar-refractivity contribution in [3.05, 3.63) is 22.4 Å². The van der Waals surface area contributed by atoms with Crippen LogP contribution in [0.25, 0.3) is 0 Å². The Balaban J connectivity index is 2.37. The van der Waals surface area contributed by atoms with Crippen LogP contribution < -0.4 is 10.9 Å². The second kappa shape index (κ2) is 3.46. The Bertz CT molecular complexity index is 467. The summed E-state index contributed by atoms with van der Waals surface area (Å²) in [5.41, 5.74) is -0.698. The molecule has 0 saturated carbocycles. The van der Waals surface area contributed by atoms with Crippen LogP contribution in [0, 0.1) is 5.95 Å². The highest BCUT2D eigenvalue weighted by molar-refractivity contribution is 5.30. The number of hydrogen-bond acceptors (Lipinski definition) is 3. The van der Waals surface area contributed by atoms with Gasteiger partial charge in [0.2, 0.25) is 11.9 Å². The second-order valence-electron chi connectivity index (χ2n) is 3.42. The van der Waals surface area contributed by atoms with Gasteiger partial charge in [-0.2, -0.15) is 22.5 Å². The zero-order valence-corrected chi connectivity index (χ0v) is 7.88. The zero-order valence-electron chi connectivity index (χ0n) is 7.88. The van der Waals surface area contributed by atoms with Crippen molar-refractivity contribution < 1.29 is 17.6 Å². The maximum absolute atomic E-state index is 12.7. The van der Waals surface area contributed by atoms with Crippen molar-refractivity contribution in [1.29, 1.82) is 0 Å².